The Kier molecular flexibility index (Phi) is 3.70. The number of rotatable bonds is 4. The minimum Gasteiger partial charge on any atom is -0.389 e. The molecular weight excluding hydrogens is 198 g/mol. The standard InChI is InChI=1S/C9H13N3O3/c1-5-2-3-6(12-11-5)9(15)7(13)4-8(10)14/h2-3,7,9,13,15H,4H2,1H3,(H2,10,14). The third-order valence-electron chi connectivity index (χ3n) is 1.90. The molecule has 15 heavy (non-hydrogen) atoms. The first-order valence-corrected chi connectivity index (χ1v) is 4.45. The zero-order chi connectivity index (χ0) is 11.4. The third-order valence-corrected chi connectivity index (χ3v) is 1.90. The van der Waals surface area contributed by atoms with Crippen LogP contribution in [0.2, 0.25) is 0 Å². The van der Waals surface area contributed by atoms with Gasteiger partial charge in [0, 0.05) is 0 Å². The molecule has 0 spiro atoms. The van der Waals surface area contributed by atoms with Gasteiger partial charge in [0.25, 0.3) is 0 Å². The highest BCUT2D eigenvalue weighted by atomic mass is 16.3. The van der Waals surface area contributed by atoms with Crippen LogP contribution in [0.5, 0.6) is 0 Å². The van der Waals surface area contributed by atoms with E-state index in [1.54, 1.807) is 13.0 Å². The molecule has 1 rings (SSSR count). The minimum absolute atomic E-state index is 0.217. The number of carbonyl (C=O) groups is 1. The van der Waals surface area contributed by atoms with Gasteiger partial charge in [-0.05, 0) is 19.1 Å². The van der Waals surface area contributed by atoms with Crippen LogP contribution in [0.15, 0.2) is 12.1 Å². The van der Waals surface area contributed by atoms with Crippen molar-refractivity contribution in [3.63, 3.8) is 0 Å². The van der Waals surface area contributed by atoms with E-state index in [2.05, 4.69) is 10.2 Å². The van der Waals surface area contributed by atoms with Crippen molar-refractivity contribution in [1.29, 1.82) is 0 Å². The molecular formula is C9H13N3O3. The molecule has 2 unspecified atom stereocenters. The second-order valence-corrected chi connectivity index (χ2v) is 3.28. The first-order valence-electron chi connectivity index (χ1n) is 4.45. The Labute approximate surface area is 86.8 Å². The van der Waals surface area contributed by atoms with E-state index in [1.165, 1.54) is 6.07 Å². The number of hydrogen-bond acceptors (Lipinski definition) is 5. The largest absolute Gasteiger partial charge is 0.389 e. The molecule has 0 radical (unpaired) electrons. The molecule has 0 aromatic carbocycles. The topological polar surface area (TPSA) is 109 Å². The Morgan fingerprint density at radius 1 is 1.47 bits per heavy atom. The van der Waals surface area contributed by atoms with Crippen molar-refractivity contribution in [2.75, 3.05) is 0 Å². The Morgan fingerprint density at radius 3 is 2.60 bits per heavy atom. The van der Waals surface area contributed by atoms with E-state index in [4.69, 9.17) is 5.73 Å². The lowest BCUT2D eigenvalue weighted by atomic mass is 10.1. The van der Waals surface area contributed by atoms with E-state index in [0.29, 0.717) is 5.69 Å². The highest BCUT2D eigenvalue weighted by Crippen LogP contribution is 2.15. The van der Waals surface area contributed by atoms with Crippen LogP contribution < -0.4 is 5.73 Å². The van der Waals surface area contributed by atoms with Gasteiger partial charge in [0.05, 0.1) is 23.9 Å². The zero-order valence-electron chi connectivity index (χ0n) is 8.29. The molecule has 0 bridgehead atoms. The molecule has 0 fully saturated rings. The summed E-state index contributed by atoms with van der Waals surface area (Å²) in [6, 6.07) is 3.19. The van der Waals surface area contributed by atoms with Gasteiger partial charge in [0.1, 0.15) is 6.10 Å². The smallest absolute Gasteiger partial charge is 0.220 e. The van der Waals surface area contributed by atoms with Crippen molar-refractivity contribution in [3.8, 4) is 0 Å². The van der Waals surface area contributed by atoms with Crippen molar-refractivity contribution < 1.29 is 15.0 Å². The van der Waals surface area contributed by atoms with Crippen LogP contribution in [0.1, 0.15) is 23.9 Å². The van der Waals surface area contributed by atoms with Crippen molar-refractivity contribution in [1.82, 2.24) is 10.2 Å². The van der Waals surface area contributed by atoms with Crippen LogP contribution in [-0.2, 0) is 4.79 Å². The fourth-order valence-corrected chi connectivity index (χ4v) is 1.08. The van der Waals surface area contributed by atoms with Gasteiger partial charge in [0.2, 0.25) is 5.91 Å². The second-order valence-electron chi connectivity index (χ2n) is 3.28. The van der Waals surface area contributed by atoms with Crippen molar-refractivity contribution >= 4 is 5.91 Å². The van der Waals surface area contributed by atoms with Crippen LogP contribution in [-0.4, -0.2) is 32.4 Å². The number of aromatic nitrogens is 2. The van der Waals surface area contributed by atoms with Gasteiger partial charge in [-0.1, -0.05) is 0 Å². The lowest BCUT2D eigenvalue weighted by Crippen LogP contribution is -2.26. The number of primary amides is 1. The molecule has 4 N–H and O–H groups in total. The molecule has 6 nitrogen and oxygen atoms in total. The average molecular weight is 211 g/mol. The van der Waals surface area contributed by atoms with Gasteiger partial charge in [0.15, 0.2) is 0 Å². The molecule has 1 aromatic rings. The maximum absolute atomic E-state index is 10.5. The molecule has 2 atom stereocenters. The van der Waals surface area contributed by atoms with Gasteiger partial charge in [-0.3, -0.25) is 4.79 Å². The Morgan fingerprint density at radius 2 is 2.13 bits per heavy atom. The van der Waals surface area contributed by atoms with E-state index in [0.717, 1.165) is 0 Å². The van der Waals surface area contributed by atoms with Crippen molar-refractivity contribution in [2.45, 2.75) is 25.6 Å². The summed E-state index contributed by atoms with van der Waals surface area (Å²) in [5.74, 6) is -0.679. The molecule has 82 valence electrons. The van der Waals surface area contributed by atoms with Crippen LogP contribution in [0, 0.1) is 6.92 Å². The van der Waals surface area contributed by atoms with Crippen molar-refractivity contribution in [2.24, 2.45) is 5.73 Å². The number of aryl methyl sites for hydroxylation is 1. The maximum atomic E-state index is 10.5. The van der Waals surface area contributed by atoms with Crippen LogP contribution in [0.3, 0.4) is 0 Å². The van der Waals surface area contributed by atoms with E-state index >= 15 is 0 Å². The number of amides is 1. The molecule has 0 saturated carbocycles. The molecule has 1 aromatic heterocycles. The van der Waals surface area contributed by atoms with Gasteiger partial charge >= 0.3 is 0 Å². The molecule has 1 amide bonds. The predicted molar refractivity (Wildman–Crippen MR) is 51.5 cm³/mol. The summed E-state index contributed by atoms with van der Waals surface area (Å²) >= 11 is 0. The number of aliphatic hydroxyl groups excluding tert-OH is 2. The fraction of sp³-hybridized carbons (Fsp3) is 0.444. The van der Waals surface area contributed by atoms with Crippen LogP contribution in [0.4, 0.5) is 0 Å². The monoisotopic (exact) mass is 211 g/mol. The number of aliphatic hydroxyl groups is 2. The highest BCUT2D eigenvalue weighted by Gasteiger charge is 2.21. The Hall–Kier alpha value is -1.53. The average Bonchev–Trinajstić information content (AvgIpc) is 2.17. The summed E-state index contributed by atoms with van der Waals surface area (Å²) in [7, 11) is 0. The first kappa shape index (κ1) is 11.5. The van der Waals surface area contributed by atoms with E-state index in [-0.39, 0.29) is 12.1 Å². The molecule has 0 saturated heterocycles. The molecule has 0 aliphatic heterocycles. The summed E-state index contributed by atoms with van der Waals surface area (Å²) in [5, 5.41) is 26.4. The summed E-state index contributed by atoms with van der Waals surface area (Å²) in [6.07, 6.45) is -2.80. The number of carbonyl (C=O) groups excluding carboxylic acids is 1. The SMILES string of the molecule is Cc1ccc(C(O)C(O)CC(N)=O)nn1. The fourth-order valence-electron chi connectivity index (χ4n) is 1.08. The quantitative estimate of drug-likeness (QED) is 0.595. The zero-order valence-corrected chi connectivity index (χ0v) is 8.29. The molecule has 0 aliphatic rings. The molecule has 0 aliphatic carbocycles. The predicted octanol–water partition coefficient (Wildman–Crippen LogP) is -0.945. The normalized spacial score (nSPS) is 14.6. The first-order chi connectivity index (χ1) is 7.00. The summed E-state index contributed by atoms with van der Waals surface area (Å²) in [5.41, 5.74) is 5.81. The summed E-state index contributed by atoms with van der Waals surface area (Å²) in [6.45, 7) is 1.75. The van der Waals surface area contributed by atoms with E-state index in [1.807, 2.05) is 0 Å². The third kappa shape index (κ3) is 3.26. The van der Waals surface area contributed by atoms with Gasteiger partial charge < -0.3 is 15.9 Å². The minimum atomic E-state index is -1.25. The molecule has 1 heterocycles. The van der Waals surface area contributed by atoms with E-state index < -0.39 is 18.1 Å². The Balaban J connectivity index is 2.71. The summed E-state index contributed by atoms with van der Waals surface area (Å²) < 4.78 is 0. The number of hydrogen-bond donors (Lipinski definition) is 3. The van der Waals surface area contributed by atoms with Crippen molar-refractivity contribution in [3.05, 3.63) is 23.5 Å². The van der Waals surface area contributed by atoms with Crippen LogP contribution >= 0.6 is 0 Å². The van der Waals surface area contributed by atoms with E-state index in [9.17, 15) is 15.0 Å². The van der Waals surface area contributed by atoms with Gasteiger partial charge in [-0.15, -0.1) is 0 Å². The molecule has 6 heteroatoms. The second kappa shape index (κ2) is 4.81. The van der Waals surface area contributed by atoms with Gasteiger partial charge in [-0.25, -0.2) is 0 Å². The Bertz CT molecular complexity index is 339. The maximum Gasteiger partial charge on any atom is 0.220 e. The lowest BCUT2D eigenvalue weighted by Gasteiger charge is -2.15. The highest BCUT2D eigenvalue weighted by molar-refractivity contribution is 5.74. The van der Waals surface area contributed by atoms with Crippen LogP contribution in [0.25, 0.3) is 0 Å². The number of nitrogens with zero attached hydrogens (tertiary/aromatic N) is 2. The van der Waals surface area contributed by atoms with Gasteiger partial charge in [-0.2, -0.15) is 10.2 Å². The lowest BCUT2D eigenvalue weighted by molar-refractivity contribution is -0.121. The summed E-state index contributed by atoms with van der Waals surface area (Å²) in [4.78, 5) is 10.5. The number of nitrogens with two attached hydrogens (primary N) is 1.